The van der Waals surface area contributed by atoms with E-state index >= 15 is 0 Å². The zero-order chi connectivity index (χ0) is 7.28. The van der Waals surface area contributed by atoms with Gasteiger partial charge in [0.15, 0.2) is 0 Å². The van der Waals surface area contributed by atoms with Gasteiger partial charge in [-0.25, -0.2) is 0 Å². The third kappa shape index (κ3) is 5.03. The average molecular weight is 129 g/mol. The van der Waals surface area contributed by atoms with Gasteiger partial charge in [-0.1, -0.05) is 6.08 Å². The predicted molar refractivity (Wildman–Crippen MR) is 34.9 cm³/mol. The highest BCUT2D eigenvalue weighted by atomic mass is 16.3. The molecule has 1 atom stereocenters. The van der Waals surface area contributed by atoms with Gasteiger partial charge >= 0.3 is 0 Å². The molecule has 0 aliphatic heterocycles. The van der Waals surface area contributed by atoms with Crippen LogP contribution in [0.25, 0.3) is 0 Å². The monoisotopic (exact) mass is 129 g/mol. The summed E-state index contributed by atoms with van der Waals surface area (Å²) >= 11 is 0. The quantitative estimate of drug-likeness (QED) is 0.501. The van der Waals surface area contributed by atoms with Gasteiger partial charge in [0, 0.05) is 13.1 Å². The van der Waals surface area contributed by atoms with Gasteiger partial charge in [-0.3, -0.25) is 4.79 Å². The summed E-state index contributed by atoms with van der Waals surface area (Å²) in [6, 6.07) is 0. The van der Waals surface area contributed by atoms with Gasteiger partial charge in [0.05, 0.1) is 6.10 Å². The molecule has 2 N–H and O–H groups in total. The fourth-order valence-electron chi connectivity index (χ4n) is 0.310. The Morgan fingerprint density at radius 2 is 2.33 bits per heavy atom. The lowest BCUT2D eigenvalue weighted by molar-refractivity contribution is -0.116. The summed E-state index contributed by atoms with van der Waals surface area (Å²) in [6.45, 7) is 1.58. The number of aliphatic hydroxyl groups is 1. The Kier molecular flexibility index (Phi) is 3.71. The molecule has 52 valence electrons. The van der Waals surface area contributed by atoms with Crippen molar-refractivity contribution in [1.29, 1.82) is 0 Å². The summed E-state index contributed by atoms with van der Waals surface area (Å²) in [5.41, 5.74) is 0. The summed E-state index contributed by atoms with van der Waals surface area (Å²) in [6.07, 6.45) is 2.16. The smallest absolute Gasteiger partial charge is 0.243 e. The second-order valence-electron chi connectivity index (χ2n) is 1.71. The highest BCUT2D eigenvalue weighted by molar-refractivity contribution is 5.87. The maximum atomic E-state index is 10.4. The van der Waals surface area contributed by atoms with Crippen molar-refractivity contribution >= 4 is 5.91 Å². The number of amides is 1. The highest BCUT2D eigenvalue weighted by Crippen LogP contribution is 1.80. The molecule has 0 aliphatic rings. The van der Waals surface area contributed by atoms with Crippen molar-refractivity contribution in [2.75, 3.05) is 7.05 Å². The van der Waals surface area contributed by atoms with Crippen LogP contribution in [0.2, 0.25) is 0 Å². The Morgan fingerprint density at radius 3 is 2.67 bits per heavy atom. The first-order valence-electron chi connectivity index (χ1n) is 2.75. The number of carbonyl (C=O) groups excluding carboxylic acids is 1. The molecule has 0 radical (unpaired) electrons. The Balaban J connectivity index is 3.57. The maximum Gasteiger partial charge on any atom is 0.243 e. The van der Waals surface area contributed by atoms with Gasteiger partial charge in [-0.05, 0) is 6.92 Å². The van der Waals surface area contributed by atoms with Gasteiger partial charge in [-0.2, -0.15) is 0 Å². The lowest BCUT2D eigenvalue weighted by Gasteiger charge is -1.92. The van der Waals surface area contributed by atoms with Crippen LogP contribution >= 0.6 is 0 Å². The van der Waals surface area contributed by atoms with E-state index in [1.807, 2.05) is 0 Å². The normalized spacial score (nSPS) is 13.7. The van der Waals surface area contributed by atoms with Crippen molar-refractivity contribution in [3.8, 4) is 0 Å². The summed E-state index contributed by atoms with van der Waals surface area (Å²) in [4.78, 5) is 10.4. The molecular weight excluding hydrogens is 118 g/mol. The number of rotatable bonds is 2. The largest absolute Gasteiger partial charge is 0.389 e. The van der Waals surface area contributed by atoms with Crippen LogP contribution < -0.4 is 5.32 Å². The molecule has 0 aliphatic carbocycles. The summed E-state index contributed by atoms with van der Waals surface area (Å²) in [5, 5.41) is 11.0. The fraction of sp³-hybridized carbons (Fsp3) is 0.500. The summed E-state index contributed by atoms with van der Waals surface area (Å²) in [5.74, 6) is -0.198. The van der Waals surface area contributed by atoms with E-state index in [0.717, 1.165) is 0 Å². The molecule has 0 heterocycles. The van der Waals surface area contributed by atoms with E-state index in [1.54, 1.807) is 6.92 Å². The SMILES string of the molecule is CNC(=O)/C=C\[C@H](C)O. The summed E-state index contributed by atoms with van der Waals surface area (Å²) in [7, 11) is 1.54. The van der Waals surface area contributed by atoms with E-state index in [0.29, 0.717) is 0 Å². The zero-order valence-electron chi connectivity index (χ0n) is 5.59. The van der Waals surface area contributed by atoms with Crippen molar-refractivity contribution < 1.29 is 9.90 Å². The van der Waals surface area contributed by atoms with Crippen LogP contribution in [0.1, 0.15) is 6.92 Å². The van der Waals surface area contributed by atoms with Crippen LogP contribution in [-0.2, 0) is 4.79 Å². The lowest BCUT2D eigenvalue weighted by atomic mass is 10.3. The van der Waals surface area contributed by atoms with Crippen LogP contribution in [0.15, 0.2) is 12.2 Å². The molecule has 0 bridgehead atoms. The molecular formula is C6H11NO2. The molecule has 0 aromatic carbocycles. The topological polar surface area (TPSA) is 49.3 Å². The molecule has 1 amide bonds. The second kappa shape index (κ2) is 4.09. The number of nitrogens with one attached hydrogen (secondary N) is 1. The Morgan fingerprint density at radius 1 is 1.78 bits per heavy atom. The molecule has 9 heavy (non-hydrogen) atoms. The Hall–Kier alpha value is -0.830. The Bertz CT molecular complexity index is 118. The van der Waals surface area contributed by atoms with E-state index in [2.05, 4.69) is 5.32 Å². The lowest BCUT2D eigenvalue weighted by Crippen LogP contribution is -2.14. The third-order valence-electron chi connectivity index (χ3n) is 0.773. The van der Waals surface area contributed by atoms with E-state index in [-0.39, 0.29) is 5.91 Å². The van der Waals surface area contributed by atoms with Crippen molar-refractivity contribution in [3.63, 3.8) is 0 Å². The molecule has 0 aromatic heterocycles. The van der Waals surface area contributed by atoms with Crippen LogP contribution in [0.4, 0.5) is 0 Å². The van der Waals surface area contributed by atoms with Gasteiger partial charge in [-0.15, -0.1) is 0 Å². The van der Waals surface area contributed by atoms with Crippen LogP contribution in [0.3, 0.4) is 0 Å². The predicted octanol–water partition coefficient (Wildman–Crippen LogP) is -0.331. The Labute approximate surface area is 54.4 Å². The standard InChI is InChI=1S/C6H11NO2/c1-5(8)3-4-6(9)7-2/h3-5,8H,1-2H3,(H,7,9)/b4-3-/t5-/m0/s1. The average Bonchev–Trinajstić information content (AvgIpc) is 1.83. The first kappa shape index (κ1) is 8.17. The summed E-state index contributed by atoms with van der Waals surface area (Å²) < 4.78 is 0. The third-order valence-corrected chi connectivity index (χ3v) is 0.773. The van der Waals surface area contributed by atoms with E-state index < -0.39 is 6.10 Å². The minimum atomic E-state index is -0.553. The van der Waals surface area contributed by atoms with Gasteiger partial charge in [0.25, 0.3) is 0 Å². The van der Waals surface area contributed by atoms with Crippen molar-refractivity contribution in [1.82, 2.24) is 5.32 Å². The molecule has 0 unspecified atom stereocenters. The first-order valence-corrected chi connectivity index (χ1v) is 2.75. The second-order valence-corrected chi connectivity index (χ2v) is 1.71. The van der Waals surface area contributed by atoms with Crippen LogP contribution in [-0.4, -0.2) is 24.2 Å². The van der Waals surface area contributed by atoms with E-state index in [1.165, 1.54) is 19.2 Å². The number of likely N-dealkylation sites (N-methyl/N-ethyl adjacent to an activating group) is 1. The van der Waals surface area contributed by atoms with E-state index in [4.69, 9.17) is 5.11 Å². The number of carbonyl (C=O) groups is 1. The fourth-order valence-corrected chi connectivity index (χ4v) is 0.310. The van der Waals surface area contributed by atoms with Gasteiger partial charge < -0.3 is 10.4 Å². The molecule has 0 saturated heterocycles. The molecule has 0 rings (SSSR count). The maximum absolute atomic E-state index is 10.4. The number of hydrogen-bond donors (Lipinski definition) is 2. The van der Waals surface area contributed by atoms with Crippen molar-refractivity contribution in [3.05, 3.63) is 12.2 Å². The molecule has 0 fully saturated rings. The van der Waals surface area contributed by atoms with E-state index in [9.17, 15) is 4.79 Å². The van der Waals surface area contributed by atoms with Gasteiger partial charge in [0.1, 0.15) is 0 Å². The minimum Gasteiger partial charge on any atom is -0.389 e. The highest BCUT2D eigenvalue weighted by Gasteiger charge is 1.89. The van der Waals surface area contributed by atoms with Crippen molar-refractivity contribution in [2.24, 2.45) is 0 Å². The molecule has 0 aromatic rings. The zero-order valence-corrected chi connectivity index (χ0v) is 5.59. The molecule has 0 saturated carbocycles. The molecule has 3 heteroatoms. The number of hydrogen-bond acceptors (Lipinski definition) is 2. The first-order chi connectivity index (χ1) is 4.16. The molecule has 0 spiro atoms. The minimum absolute atomic E-state index is 0.198. The molecule has 3 nitrogen and oxygen atoms in total. The van der Waals surface area contributed by atoms with Crippen LogP contribution in [0, 0.1) is 0 Å². The van der Waals surface area contributed by atoms with Crippen molar-refractivity contribution in [2.45, 2.75) is 13.0 Å². The van der Waals surface area contributed by atoms with Crippen LogP contribution in [0.5, 0.6) is 0 Å². The van der Waals surface area contributed by atoms with Gasteiger partial charge in [0.2, 0.25) is 5.91 Å². The number of aliphatic hydroxyl groups excluding tert-OH is 1.